The van der Waals surface area contributed by atoms with Gasteiger partial charge in [-0.15, -0.1) is 0 Å². The van der Waals surface area contributed by atoms with Gasteiger partial charge in [-0.3, -0.25) is 4.79 Å². The number of carboxylic acid groups (broad SMARTS) is 1. The fraction of sp³-hybridized carbons (Fsp3) is 0.0667. The maximum atomic E-state index is 13.1. The number of aromatic carboxylic acids is 1. The molecule has 108 valence electrons. The maximum Gasteiger partial charge on any atom is 0.337 e. The molecule has 0 spiro atoms. The zero-order valence-electron chi connectivity index (χ0n) is 10.8. The molecule has 2 aromatic carbocycles. The quantitative estimate of drug-likeness (QED) is 0.910. The van der Waals surface area contributed by atoms with E-state index < -0.39 is 23.5 Å². The molecule has 0 heterocycles. The van der Waals surface area contributed by atoms with Crippen molar-refractivity contribution in [3.05, 3.63) is 65.2 Å². The Labute approximate surface area is 119 Å². The third kappa shape index (κ3) is 3.85. The maximum absolute atomic E-state index is 13.1. The summed E-state index contributed by atoms with van der Waals surface area (Å²) >= 11 is 0. The highest BCUT2D eigenvalue weighted by Gasteiger charge is 2.14. The molecule has 2 aromatic rings. The normalized spacial score (nSPS) is 10.2. The van der Waals surface area contributed by atoms with E-state index in [9.17, 15) is 18.4 Å². The molecule has 4 nitrogen and oxygen atoms in total. The number of carboxylic acids is 1. The average Bonchev–Trinajstić information content (AvgIpc) is 2.38. The third-order valence-electron chi connectivity index (χ3n) is 2.74. The Morgan fingerprint density at radius 3 is 2.43 bits per heavy atom. The summed E-state index contributed by atoms with van der Waals surface area (Å²) in [5, 5.41) is 11.3. The molecule has 0 bridgehead atoms. The van der Waals surface area contributed by atoms with Crippen LogP contribution >= 0.6 is 0 Å². The molecular weight excluding hydrogens is 280 g/mol. The van der Waals surface area contributed by atoms with Crippen molar-refractivity contribution in [2.75, 3.05) is 5.32 Å². The lowest BCUT2D eigenvalue weighted by molar-refractivity contribution is -0.115. The summed E-state index contributed by atoms with van der Waals surface area (Å²) in [5.41, 5.74) is 0.0775. The molecule has 0 aliphatic carbocycles. The Morgan fingerprint density at radius 2 is 1.76 bits per heavy atom. The molecule has 2 N–H and O–H groups in total. The zero-order valence-corrected chi connectivity index (χ0v) is 10.8. The Bertz CT molecular complexity index is 701. The van der Waals surface area contributed by atoms with Crippen LogP contribution in [0, 0.1) is 11.6 Å². The minimum atomic E-state index is -1.28. The van der Waals surface area contributed by atoms with Crippen LogP contribution in [-0.4, -0.2) is 17.0 Å². The lowest BCUT2D eigenvalue weighted by Crippen LogP contribution is -2.17. The van der Waals surface area contributed by atoms with Crippen LogP contribution in [0.2, 0.25) is 0 Å². The van der Waals surface area contributed by atoms with E-state index in [0.29, 0.717) is 5.56 Å². The van der Waals surface area contributed by atoms with Gasteiger partial charge in [0.1, 0.15) is 11.6 Å². The number of carbonyl (C=O) groups excluding carboxylic acids is 1. The third-order valence-corrected chi connectivity index (χ3v) is 2.74. The van der Waals surface area contributed by atoms with Gasteiger partial charge < -0.3 is 10.4 Å². The van der Waals surface area contributed by atoms with Crippen molar-refractivity contribution >= 4 is 17.6 Å². The molecular formula is C15H11F2NO3. The van der Waals surface area contributed by atoms with Crippen LogP contribution in [0.25, 0.3) is 0 Å². The summed E-state index contributed by atoms with van der Waals surface area (Å²) < 4.78 is 26.2. The fourth-order valence-corrected chi connectivity index (χ4v) is 1.83. The van der Waals surface area contributed by atoms with Gasteiger partial charge in [0.05, 0.1) is 17.7 Å². The number of anilines is 1. The number of rotatable bonds is 4. The van der Waals surface area contributed by atoms with Crippen LogP contribution in [-0.2, 0) is 11.2 Å². The number of nitrogens with one attached hydrogen (secondary N) is 1. The van der Waals surface area contributed by atoms with E-state index in [1.165, 1.54) is 18.2 Å². The van der Waals surface area contributed by atoms with Gasteiger partial charge in [0, 0.05) is 0 Å². The van der Waals surface area contributed by atoms with Crippen LogP contribution in [0.3, 0.4) is 0 Å². The highest BCUT2D eigenvalue weighted by atomic mass is 19.1. The molecule has 0 unspecified atom stereocenters. The fourth-order valence-electron chi connectivity index (χ4n) is 1.83. The van der Waals surface area contributed by atoms with E-state index in [4.69, 9.17) is 5.11 Å². The molecule has 0 aromatic heterocycles. The minimum absolute atomic E-state index is 0.135. The van der Waals surface area contributed by atoms with Crippen molar-refractivity contribution < 1.29 is 23.5 Å². The second kappa shape index (κ2) is 6.13. The number of carbonyl (C=O) groups is 2. The molecule has 0 aliphatic rings. The molecule has 21 heavy (non-hydrogen) atoms. The average molecular weight is 291 g/mol. The van der Waals surface area contributed by atoms with E-state index in [2.05, 4.69) is 5.32 Å². The van der Waals surface area contributed by atoms with Gasteiger partial charge in [0.25, 0.3) is 0 Å². The standard InChI is InChI=1S/C15H11F2NO3/c16-10-3-1-2-9(6-10)7-14(19)18-13-8-11(17)4-5-12(13)15(20)21/h1-6,8H,7H2,(H,18,19)(H,20,21). The second-order valence-electron chi connectivity index (χ2n) is 4.35. The predicted molar refractivity (Wildman–Crippen MR) is 72.1 cm³/mol. The van der Waals surface area contributed by atoms with Crippen molar-refractivity contribution in [1.82, 2.24) is 0 Å². The summed E-state index contributed by atoms with van der Waals surface area (Å²) in [4.78, 5) is 22.8. The summed E-state index contributed by atoms with van der Waals surface area (Å²) in [6.07, 6.45) is -0.146. The van der Waals surface area contributed by atoms with Crippen LogP contribution < -0.4 is 5.32 Å². The predicted octanol–water partition coefficient (Wildman–Crippen LogP) is 2.84. The van der Waals surface area contributed by atoms with E-state index in [1.807, 2.05) is 0 Å². The molecule has 2 rings (SSSR count). The van der Waals surface area contributed by atoms with Crippen molar-refractivity contribution in [1.29, 1.82) is 0 Å². The first kappa shape index (κ1) is 14.6. The summed E-state index contributed by atoms with van der Waals surface area (Å²) in [6, 6.07) is 8.45. The Kier molecular flexibility index (Phi) is 4.27. The van der Waals surface area contributed by atoms with Crippen LogP contribution in [0.5, 0.6) is 0 Å². The van der Waals surface area contributed by atoms with Gasteiger partial charge in [-0.25, -0.2) is 13.6 Å². The van der Waals surface area contributed by atoms with E-state index >= 15 is 0 Å². The lowest BCUT2D eigenvalue weighted by Gasteiger charge is -2.08. The van der Waals surface area contributed by atoms with Crippen LogP contribution in [0.4, 0.5) is 14.5 Å². The van der Waals surface area contributed by atoms with Crippen molar-refractivity contribution in [3.63, 3.8) is 0 Å². The van der Waals surface area contributed by atoms with Crippen molar-refractivity contribution in [2.45, 2.75) is 6.42 Å². The van der Waals surface area contributed by atoms with Crippen molar-refractivity contribution in [3.8, 4) is 0 Å². The molecule has 0 atom stereocenters. The van der Waals surface area contributed by atoms with Crippen LogP contribution in [0.1, 0.15) is 15.9 Å². The Morgan fingerprint density at radius 1 is 1.05 bits per heavy atom. The molecule has 0 aliphatic heterocycles. The zero-order chi connectivity index (χ0) is 15.4. The molecule has 6 heteroatoms. The number of halogens is 2. The summed E-state index contributed by atoms with van der Waals surface area (Å²) in [6.45, 7) is 0. The number of benzene rings is 2. The first-order valence-electron chi connectivity index (χ1n) is 6.03. The molecule has 1 amide bonds. The van der Waals surface area contributed by atoms with Gasteiger partial charge in [-0.2, -0.15) is 0 Å². The van der Waals surface area contributed by atoms with Gasteiger partial charge in [0.2, 0.25) is 5.91 Å². The lowest BCUT2D eigenvalue weighted by atomic mass is 10.1. The highest BCUT2D eigenvalue weighted by Crippen LogP contribution is 2.18. The molecule has 0 fully saturated rings. The highest BCUT2D eigenvalue weighted by molar-refractivity contribution is 6.01. The largest absolute Gasteiger partial charge is 0.478 e. The van der Waals surface area contributed by atoms with Gasteiger partial charge >= 0.3 is 5.97 Å². The topological polar surface area (TPSA) is 66.4 Å². The Balaban J connectivity index is 2.16. The molecule has 0 saturated heterocycles. The van der Waals surface area contributed by atoms with Crippen LogP contribution in [0.15, 0.2) is 42.5 Å². The Hall–Kier alpha value is -2.76. The smallest absolute Gasteiger partial charge is 0.337 e. The van der Waals surface area contributed by atoms with E-state index in [0.717, 1.165) is 18.2 Å². The first-order valence-corrected chi connectivity index (χ1v) is 6.03. The first-order chi connectivity index (χ1) is 9.95. The second-order valence-corrected chi connectivity index (χ2v) is 4.35. The van der Waals surface area contributed by atoms with Gasteiger partial charge in [-0.05, 0) is 35.9 Å². The summed E-state index contributed by atoms with van der Waals surface area (Å²) in [5.74, 6) is -2.98. The number of hydrogen-bond donors (Lipinski definition) is 2. The molecule has 0 saturated carbocycles. The SMILES string of the molecule is O=C(Cc1cccc(F)c1)Nc1cc(F)ccc1C(=O)O. The van der Waals surface area contributed by atoms with E-state index in [1.54, 1.807) is 6.07 Å². The van der Waals surface area contributed by atoms with Gasteiger partial charge in [0.15, 0.2) is 0 Å². The minimum Gasteiger partial charge on any atom is -0.478 e. The van der Waals surface area contributed by atoms with Gasteiger partial charge in [-0.1, -0.05) is 12.1 Å². The van der Waals surface area contributed by atoms with Crippen molar-refractivity contribution in [2.24, 2.45) is 0 Å². The van der Waals surface area contributed by atoms with E-state index in [-0.39, 0.29) is 17.7 Å². The number of amides is 1. The molecule has 0 radical (unpaired) electrons. The summed E-state index contributed by atoms with van der Waals surface area (Å²) in [7, 11) is 0. The number of hydrogen-bond acceptors (Lipinski definition) is 2. The monoisotopic (exact) mass is 291 g/mol.